The van der Waals surface area contributed by atoms with Crippen molar-refractivity contribution >= 4 is 34.3 Å². The van der Waals surface area contributed by atoms with E-state index in [-0.39, 0.29) is 0 Å². The Morgan fingerprint density at radius 1 is 1.12 bits per heavy atom. The van der Waals surface area contributed by atoms with Gasteiger partial charge in [-0.15, -0.1) is 0 Å². The lowest BCUT2D eigenvalue weighted by atomic mass is 10.1. The lowest BCUT2D eigenvalue weighted by Crippen LogP contribution is -2.26. The molecule has 24 heavy (non-hydrogen) atoms. The normalized spacial score (nSPS) is 15.7. The molecule has 0 fully saturated rings. The second kappa shape index (κ2) is 6.12. The molecular formula is C21H21ClN2. The van der Waals surface area contributed by atoms with Gasteiger partial charge < -0.3 is 9.47 Å². The van der Waals surface area contributed by atoms with Crippen LogP contribution in [0, 0.1) is 0 Å². The number of likely N-dealkylation sites (N-methyl/N-ethyl adjacent to an activating group) is 1. The molecule has 2 nitrogen and oxygen atoms in total. The Labute approximate surface area is 148 Å². The van der Waals surface area contributed by atoms with E-state index in [1.807, 2.05) is 6.07 Å². The number of rotatable bonds is 2. The van der Waals surface area contributed by atoms with Gasteiger partial charge in [-0.25, -0.2) is 0 Å². The van der Waals surface area contributed by atoms with Crippen molar-refractivity contribution in [1.82, 2.24) is 9.47 Å². The summed E-state index contributed by atoms with van der Waals surface area (Å²) in [5.41, 5.74) is 6.60. The van der Waals surface area contributed by atoms with E-state index in [4.69, 9.17) is 11.6 Å². The highest BCUT2D eigenvalue weighted by Crippen LogP contribution is 2.33. The van der Waals surface area contributed by atoms with E-state index in [0.29, 0.717) is 0 Å². The van der Waals surface area contributed by atoms with Gasteiger partial charge in [-0.2, -0.15) is 0 Å². The van der Waals surface area contributed by atoms with Crippen molar-refractivity contribution in [3.8, 4) is 0 Å². The van der Waals surface area contributed by atoms with Gasteiger partial charge in [0.2, 0.25) is 0 Å². The van der Waals surface area contributed by atoms with Crippen LogP contribution in [-0.2, 0) is 13.0 Å². The third kappa shape index (κ3) is 2.66. The van der Waals surface area contributed by atoms with Crippen molar-refractivity contribution in [2.75, 3.05) is 13.6 Å². The molecule has 4 rings (SSSR count). The molecule has 0 amide bonds. The summed E-state index contributed by atoms with van der Waals surface area (Å²) in [6.45, 7) is 4.26. The monoisotopic (exact) mass is 336 g/mol. The molecule has 1 aliphatic rings. The molecule has 0 spiro atoms. The lowest BCUT2D eigenvalue weighted by Gasteiger charge is -2.23. The maximum atomic E-state index is 6.27. The zero-order chi connectivity index (χ0) is 16.7. The topological polar surface area (TPSA) is 8.17 Å². The minimum Gasteiger partial charge on any atom is -0.320 e. The molecule has 0 N–H and O–H groups in total. The number of allylic oxidation sites excluding steroid dienone is 1. The third-order valence-electron chi connectivity index (χ3n) is 4.89. The first-order valence-electron chi connectivity index (χ1n) is 8.37. The van der Waals surface area contributed by atoms with Crippen LogP contribution in [-0.4, -0.2) is 23.1 Å². The molecule has 0 saturated heterocycles. The van der Waals surface area contributed by atoms with Crippen LogP contribution in [0.25, 0.3) is 22.7 Å². The Kier molecular flexibility index (Phi) is 3.95. The van der Waals surface area contributed by atoms with Gasteiger partial charge in [0, 0.05) is 41.8 Å². The maximum absolute atomic E-state index is 6.27. The minimum atomic E-state index is 0.805. The zero-order valence-corrected chi connectivity index (χ0v) is 14.8. The van der Waals surface area contributed by atoms with Gasteiger partial charge in [0.05, 0.1) is 5.52 Å². The van der Waals surface area contributed by atoms with E-state index in [1.54, 1.807) is 0 Å². The van der Waals surface area contributed by atoms with E-state index >= 15 is 0 Å². The van der Waals surface area contributed by atoms with Crippen molar-refractivity contribution in [3.63, 3.8) is 0 Å². The molecule has 2 heterocycles. The van der Waals surface area contributed by atoms with Crippen LogP contribution < -0.4 is 0 Å². The molecule has 3 aromatic rings. The average molecular weight is 337 g/mol. The number of halogens is 1. The summed E-state index contributed by atoms with van der Waals surface area (Å²) >= 11 is 6.27. The van der Waals surface area contributed by atoms with Gasteiger partial charge in [-0.1, -0.05) is 41.9 Å². The molecule has 0 bridgehead atoms. The summed E-state index contributed by atoms with van der Waals surface area (Å²) in [5, 5.41) is 2.08. The number of nitrogens with zero attached hydrogens (tertiary/aromatic N) is 2. The number of fused-ring (bicyclic) bond motifs is 3. The van der Waals surface area contributed by atoms with Gasteiger partial charge in [0.25, 0.3) is 0 Å². The number of benzene rings is 2. The number of aromatic nitrogens is 1. The quantitative estimate of drug-likeness (QED) is 0.616. The van der Waals surface area contributed by atoms with E-state index in [9.17, 15) is 0 Å². The molecule has 122 valence electrons. The van der Waals surface area contributed by atoms with Gasteiger partial charge in [0.15, 0.2) is 0 Å². The zero-order valence-electron chi connectivity index (χ0n) is 14.1. The van der Waals surface area contributed by atoms with Crippen LogP contribution in [0.1, 0.15) is 23.7 Å². The largest absolute Gasteiger partial charge is 0.320 e. The van der Waals surface area contributed by atoms with Gasteiger partial charge in [0.1, 0.15) is 0 Å². The highest BCUT2D eigenvalue weighted by Gasteiger charge is 2.21. The molecule has 1 aliphatic heterocycles. The summed E-state index contributed by atoms with van der Waals surface area (Å²) in [4.78, 5) is 2.38. The minimum absolute atomic E-state index is 0.805. The molecular weight excluding hydrogens is 316 g/mol. The van der Waals surface area contributed by atoms with E-state index in [0.717, 1.165) is 24.5 Å². The molecule has 2 aromatic carbocycles. The smallest absolute Gasteiger partial charge is 0.0529 e. The van der Waals surface area contributed by atoms with Crippen LogP contribution in [0.3, 0.4) is 0 Å². The predicted molar refractivity (Wildman–Crippen MR) is 103 cm³/mol. The first kappa shape index (κ1) is 15.5. The summed E-state index contributed by atoms with van der Waals surface area (Å²) in [6, 6.07) is 16.8. The fourth-order valence-corrected chi connectivity index (χ4v) is 3.79. The molecule has 1 aromatic heterocycles. The summed E-state index contributed by atoms with van der Waals surface area (Å²) in [7, 11) is 2.18. The number of hydrogen-bond donors (Lipinski definition) is 0. The van der Waals surface area contributed by atoms with Gasteiger partial charge in [-0.3, -0.25) is 0 Å². The lowest BCUT2D eigenvalue weighted by molar-refractivity contribution is 0.312. The molecule has 3 heteroatoms. The number of hydrogen-bond acceptors (Lipinski definition) is 1. The van der Waals surface area contributed by atoms with Gasteiger partial charge in [-0.05, 0) is 48.9 Å². The fraction of sp³-hybridized carbons (Fsp3) is 0.238. The van der Waals surface area contributed by atoms with E-state index in [2.05, 4.69) is 72.1 Å². The standard InChI is InChI=1S/C21H21ClN2/c1-15(16-6-4-3-5-7-16)13-24-20-9-8-17(22)12-18(20)19-14-23(2)11-10-21(19)24/h3-9,12-13H,10-11,14H2,1-2H3. The van der Waals surface area contributed by atoms with E-state index < -0.39 is 0 Å². The van der Waals surface area contributed by atoms with Crippen LogP contribution in [0.4, 0.5) is 0 Å². The molecule has 0 aliphatic carbocycles. The van der Waals surface area contributed by atoms with Crippen molar-refractivity contribution in [3.05, 3.63) is 70.4 Å². The van der Waals surface area contributed by atoms with Gasteiger partial charge >= 0.3 is 0 Å². The molecule has 0 saturated carbocycles. The average Bonchev–Trinajstić information content (AvgIpc) is 2.88. The first-order valence-corrected chi connectivity index (χ1v) is 8.75. The Morgan fingerprint density at radius 2 is 1.92 bits per heavy atom. The Balaban J connectivity index is 1.92. The third-order valence-corrected chi connectivity index (χ3v) is 5.13. The summed E-state index contributed by atoms with van der Waals surface area (Å²) in [5.74, 6) is 0. The van der Waals surface area contributed by atoms with Crippen molar-refractivity contribution in [1.29, 1.82) is 0 Å². The Hall–Kier alpha value is -2.03. The van der Waals surface area contributed by atoms with Crippen LogP contribution in [0.5, 0.6) is 0 Å². The van der Waals surface area contributed by atoms with Crippen LogP contribution in [0.2, 0.25) is 5.02 Å². The SMILES string of the molecule is CC(=Cn1c2c(c3cc(Cl)ccc31)CN(C)CC2)c1ccccc1. The molecule has 0 unspecified atom stereocenters. The van der Waals surface area contributed by atoms with Crippen molar-refractivity contribution in [2.24, 2.45) is 0 Å². The summed E-state index contributed by atoms with van der Waals surface area (Å²) in [6.07, 6.45) is 3.34. The van der Waals surface area contributed by atoms with Crippen LogP contribution >= 0.6 is 11.6 Å². The highest BCUT2D eigenvalue weighted by atomic mass is 35.5. The predicted octanol–water partition coefficient (Wildman–Crippen LogP) is 5.30. The van der Waals surface area contributed by atoms with Crippen molar-refractivity contribution < 1.29 is 0 Å². The fourth-order valence-electron chi connectivity index (χ4n) is 3.62. The second-order valence-electron chi connectivity index (χ2n) is 6.62. The first-order chi connectivity index (χ1) is 11.6. The van der Waals surface area contributed by atoms with Crippen LogP contribution in [0.15, 0.2) is 48.5 Å². The highest BCUT2D eigenvalue weighted by molar-refractivity contribution is 6.31. The molecule has 0 atom stereocenters. The molecule has 0 radical (unpaired) electrons. The second-order valence-corrected chi connectivity index (χ2v) is 7.06. The Morgan fingerprint density at radius 3 is 2.71 bits per heavy atom. The van der Waals surface area contributed by atoms with E-state index in [1.165, 1.54) is 33.3 Å². The maximum Gasteiger partial charge on any atom is 0.0529 e. The van der Waals surface area contributed by atoms with Crippen molar-refractivity contribution in [2.45, 2.75) is 19.9 Å². The summed E-state index contributed by atoms with van der Waals surface area (Å²) < 4.78 is 2.37. The Bertz CT molecular complexity index is 922.